The van der Waals surface area contributed by atoms with Crippen molar-refractivity contribution in [3.63, 3.8) is 0 Å². The molecule has 0 atom stereocenters. The molecule has 6 nitrogen and oxygen atoms in total. The molecule has 3 aromatic heterocycles. The van der Waals surface area contributed by atoms with E-state index in [9.17, 15) is 5.26 Å². The molecule has 0 saturated carbocycles. The first-order valence-corrected chi connectivity index (χ1v) is 21.3. The topological polar surface area (TPSA) is 72.3 Å². The molecule has 0 amide bonds. The van der Waals surface area contributed by atoms with Gasteiger partial charge in [0.15, 0.2) is 17.5 Å². The highest BCUT2D eigenvalue weighted by molar-refractivity contribution is 6.16. The molecule has 0 unspecified atom stereocenters. The number of hydrogen-bond donors (Lipinski definition) is 0. The van der Waals surface area contributed by atoms with Crippen LogP contribution in [-0.2, 0) is 0 Å². The summed E-state index contributed by atoms with van der Waals surface area (Å²) in [4.78, 5) is 15.7. The molecule has 0 radical (unpaired) electrons. The Morgan fingerprint density at radius 1 is 0.344 bits per heavy atom. The molecule has 0 fully saturated rings. The van der Waals surface area contributed by atoms with Crippen molar-refractivity contribution >= 4 is 43.6 Å². The van der Waals surface area contributed by atoms with Gasteiger partial charge < -0.3 is 9.13 Å². The lowest BCUT2D eigenvalue weighted by Gasteiger charge is -2.17. The highest BCUT2D eigenvalue weighted by atomic mass is 15.1. The molecule has 298 valence electrons. The van der Waals surface area contributed by atoms with Gasteiger partial charge in [-0.05, 0) is 89.0 Å². The first kappa shape index (κ1) is 36.9. The summed E-state index contributed by atoms with van der Waals surface area (Å²) in [5.41, 5.74) is 14.1. The number of benzene rings is 9. The van der Waals surface area contributed by atoms with E-state index in [0.29, 0.717) is 23.0 Å². The van der Waals surface area contributed by atoms with Crippen LogP contribution >= 0.6 is 0 Å². The minimum absolute atomic E-state index is 0.573. The van der Waals surface area contributed by atoms with E-state index >= 15 is 0 Å². The molecule has 0 aliphatic carbocycles. The SMILES string of the molecule is N#Cc1ccc(-c2ccc3c(c2)c2ccccc2n3-c2ccc(-c3cccc4c3c3ccccc3n4-c3ccccc3)cc2-c2nc(-c3ccccc3)nc(-c3ccccc3)n2)cc1. The van der Waals surface area contributed by atoms with Crippen LogP contribution < -0.4 is 0 Å². The van der Waals surface area contributed by atoms with E-state index in [-0.39, 0.29) is 0 Å². The van der Waals surface area contributed by atoms with E-state index in [2.05, 4.69) is 149 Å². The molecule has 12 rings (SSSR count). The Labute approximate surface area is 369 Å². The van der Waals surface area contributed by atoms with Crippen LogP contribution in [0.2, 0.25) is 0 Å². The average Bonchev–Trinajstić information content (AvgIpc) is 3.89. The maximum Gasteiger partial charge on any atom is 0.166 e. The lowest BCUT2D eigenvalue weighted by atomic mass is 9.96. The van der Waals surface area contributed by atoms with Gasteiger partial charge in [0.25, 0.3) is 0 Å². The van der Waals surface area contributed by atoms with E-state index in [4.69, 9.17) is 15.0 Å². The van der Waals surface area contributed by atoms with Crippen LogP contribution in [0, 0.1) is 11.3 Å². The summed E-state index contributed by atoms with van der Waals surface area (Å²) in [6.07, 6.45) is 0. The Hall–Kier alpha value is -8.92. The van der Waals surface area contributed by atoms with E-state index in [1.807, 2.05) is 84.9 Å². The summed E-state index contributed by atoms with van der Waals surface area (Å²) < 4.78 is 4.71. The van der Waals surface area contributed by atoms with Crippen LogP contribution in [0.1, 0.15) is 5.56 Å². The van der Waals surface area contributed by atoms with Crippen LogP contribution in [0.4, 0.5) is 0 Å². The zero-order chi connectivity index (χ0) is 42.6. The number of fused-ring (bicyclic) bond motifs is 6. The average molecular weight is 817 g/mol. The van der Waals surface area contributed by atoms with Gasteiger partial charge in [0.1, 0.15) is 0 Å². The highest BCUT2D eigenvalue weighted by Gasteiger charge is 2.22. The van der Waals surface area contributed by atoms with Crippen molar-refractivity contribution in [2.45, 2.75) is 0 Å². The Kier molecular flexibility index (Phi) is 8.77. The van der Waals surface area contributed by atoms with Gasteiger partial charge in [0.2, 0.25) is 0 Å². The predicted octanol–water partition coefficient (Wildman–Crippen LogP) is 14.3. The van der Waals surface area contributed by atoms with Gasteiger partial charge in [-0.2, -0.15) is 5.26 Å². The standard InChI is InChI=1S/C58H36N6/c59-37-38-27-29-39(30-28-38)42-31-33-52-48(35-42)46-21-10-12-24-50(46)64(52)53-34-32-43(45-23-14-26-54-55(45)47-22-11-13-25-51(47)63(54)44-19-8-3-9-20-44)36-49(53)58-61-56(40-15-4-1-5-16-40)60-57(62-58)41-17-6-2-7-18-41/h1-36H. The van der Waals surface area contributed by atoms with Crippen molar-refractivity contribution in [1.29, 1.82) is 5.26 Å². The second-order valence-electron chi connectivity index (χ2n) is 15.9. The van der Waals surface area contributed by atoms with E-state index in [1.54, 1.807) is 0 Å². The zero-order valence-electron chi connectivity index (χ0n) is 34.5. The van der Waals surface area contributed by atoms with Crippen molar-refractivity contribution in [3.05, 3.63) is 224 Å². The van der Waals surface area contributed by atoms with E-state index in [0.717, 1.165) is 83.2 Å². The first-order chi connectivity index (χ1) is 31.7. The lowest BCUT2D eigenvalue weighted by molar-refractivity contribution is 1.06. The first-order valence-electron chi connectivity index (χ1n) is 21.3. The van der Waals surface area contributed by atoms with Crippen molar-refractivity contribution in [2.24, 2.45) is 0 Å². The molecule has 0 spiro atoms. The molecule has 3 heterocycles. The minimum Gasteiger partial charge on any atom is -0.309 e. The molecular weight excluding hydrogens is 781 g/mol. The molecule has 0 saturated heterocycles. The van der Waals surface area contributed by atoms with Crippen LogP contribution in [-0.4, -0.2) is 24.1 Å². The third-order valence-corrected chi connectivity index (χ3v) is 12.2. The molecule has 12 aromatic rings. The molecule has 0 N–H and O–H groups in total. The summed E-state index contributed by atoms with van der Waals surface area (Å²) in [5, 5.41) is 14.1. The molecule has 0 bridgehead atoms. The molecule has 0 aliphatic rings. The lowest BCUT2D eigenvalue weighted by Crippen LogP contribution is -2.04. The minimum atomic E-state index is 0.573. The largest absolute Gasteiger partial charge is 0.309 e. The maximum absolute atomic E-state index is 9.47. The van der Waals surface area contributed by atoms with Crippen molar-refractivity contribution < 1.29 is 0 Å². The number of nitriles is 1. The smallest absolute Gasteiger partial charge is 0.166 e. The summed E-state index contributed by atoms with van der Waals surface area (Å²) in [5.74, 6) is 1.77. The van der Waals surface area contributed by atoms with Gasteiger partial charge in [-0.15, -0.1) is 0 Å². The summed E-state index contributed by atoms with van der Waals surface area (Å²) >= 11 is 0. The molecular formula is C58H36N6. The van der Waals surface area contributed by atoms with E-state index < -0.39 is 0 Å². The van der Waals surface area contributed by atoms with E-state index in [1.165, 1.54) is 10.8 Å². The zero-order valence-corrected chi connectivity index (χ0v) is 34.5. The van der Waals surface area contributed by atoms with Gasteiger partial charge >= 0.3 is 0 Å². The normalized spacial score (nSPS) is 11.4. The second-order valence-corrected chi connectivity index (χ2v) is 15.9. The quantitative estimate of drug-likeness (QED) is 0.161. The fraction of sp³-hybridized carbons (Fsp3) is 0. The van der Waals surface area contributed by atoms with Gasteiger partial charge in [0.05, 0.1) is 39.4 Å². The Balaban J connectivity index is 1.15. The van der Waals surface area contributed by atoms with Crippen molar-refractivity contribution in [2.75, 3.05) is 0 Å². The van der Waals surface area contributed by atoms with Crippen molar-refractivity contribution in [1.82, 2.24) is 24.1 Å². The number of nitrogens with zero attached hydrogens (tertiary/aromatic N) is 6. The summed E-state index contributed by atoms with van der Waals surface area (Å²) in [6, 6.07) is 78.1. The van der Waals surface area contributed by atoms with Gasteiger partial charge in [-0.3, -0.25) is 0 Å². The second kappa shape index (κ2) is 15.2. The van der Waals surface area contributed by atoms with Crippen LogP contribution in [0.15, 0.2) is 218 Å². The van der Waals surface area contributed by atoms with Crippen LogP contribution in [0.5, 0.6) is 0 Å². The molecule has 9 aromatic carbocycles. The number of para-hydroxylation sites is 3. The molecule has 6 heteroatoms. The fourth-order valence-corrected chi connectivity index (χ4v) is 9.27. The number of aromatic nitrogens is 5. The Bertz CT molecular complexity index is 3710. The molecule has 0 aliphatic heterocycles. The Morgan fingerprint density at radius 2 is 0.891 bits per heavy atom. The monoisotopic (exact) mass is 816 g/mol. The van der Waals surface area contributed by atoms with Crippen LogP contribution in [0.3, 0.4) is 0 Å². The van der Waals surface area contributed by atoms with Gasteiger partial charge in [-0.1, -0.05) is 152 Å². The Morgan fingerprint density at radius 3 is 1.58 bits per heavy atom. The number of rotatable bonds is 7. The maximum atomic E-state index is 9.47. The summed E-state index contributed by atoms with van der Waals surface area (Å²) in [7, 11) is 0. The number of hydrogen-bond acceptors (Lipinski definition) is 4. The third-order valence-electron chi connectivity index (χ3n) is 12.2. The van der Waals surface area contributed by atoms with Gasteiger partial charge in [-0.25, -0.2) is 15.0 Å². The van der Waals surface area contributed by atoms with Gasteiger partial charge in [0, 0.05) is 43.9 Å². The fourth-order valence-electron chi connectivity index (χ4n) is 9.27. The van der Waals surface area contributed by atoms with Crippen LogP contribution in [0.25, 0.3) is 111 Å². The summed E-state index contributed by atoms with van der Waals surface area (Å²) in [6.45, 7) is 0. The highest BCUT2D eigenvalue weighted by Crippen LogP contribution is 2.43. The molecule has 64 heavy (non-hydrogen) atoms. The third kappa shape index (κ3) is 6.14. The predicted molar refractivity (Wildman–Crippen MR) is 260 cm³/mol. The van der Waals surface area contributed by atoms with Crippen molar-refractivity contribution in [3.8, 4) is 73.9 Å².